The lowest BCUT2D eigenvalue weighted by Crippen LogP contribution is -2.50. The van der Waals surface area contributed by atoms with Gasteiger partial charge in [-0.15, -0.1) is 0 Å². The van der Waals surface area contributed by atoms with E-state index in [0.29, 0.717) is 0 Å². The van der Waals surface area contributed by atoms with E-state index in [0.717, 1.165) is 32.8 Å². The fourth-order valence-electron chi connectivity index (χ4n) is 2.20. The third-order valence-electron chi connectivity index (χ3n) is 3.18. The van der Waals surface area contributed by atoms with Gasteiger partial charge < -0.3 is 15.2 Å². The summed E-state index contributed by atoms with van der Waals surface area (Å²) in [5, 5.41) is 12.7. The smallest absolute Gasteiger partial charge is 0.0932 e. The summed E-state index contributed by atoms with van der Waals surface area (Å²) in [6.45, 7) is 15.9. The summed E-state index contributed by atoms with van der Waals surface area (Å²) in [6, 6.07) is 0. The van der Waals surface area contributed by atoms with Crippen molar-refractivity contribution in [1.29, 1.82) is 0 Å². The van der Waals surface area contributed by atoms with Crippen LogP contribution in [0.1, 0.15) is 34.6 Å². The number of nitrogens with one attached hydrogen (secondary N) is 1. The van der Waals surface area contributed by atoms with Crippen LogP contribution in [0.5, 0.6) is 0 Å². The van der Waals surface area contributed by atoms with E-state index in [1.165, 1.54) is 0 Å². The average molecular weight is 258 g/mol. The third-order valence-corrected chi connectivity index (χ3v) is 3.18. The van der Waals surface area contributed by atoms with E-state index in [-0.39, 0.29) is 23.7 Å². The van der Waals surface area contributed by atoms with Crippen LogP contribution in [-0.2, 0) is 4.74 Å². The molecule has 2 N–H and O–H groups in total. The predicted octanol–water partition coefficient (Wildman–Crippen LogP) is 1.09. The molecule has 1 rings (SSSR count). The van der Waals surface area contributed by atoms with Crippen LogP contribution in [0.15, 0.2) is 0 Å². The Labute approximate surface area is 112 Å². The standard InChI is InChI=1S/C14H30N2O2/c1-13(2,3)15-10-14(4,5)11-16-6-7-18-12(8-16)9-17/h12,15,17H,6-11H2,1-5H3. The Morgan fingerprint density at radius 3 is 2.50 bits per heavy atom. The molecule has 1 fully saturated rings. The van der Waals surface area contributed by atoms with E-state index in [1.54, 1.807) is 0 Å². The maximum Gasteiger partial charge on any atom is 0.0932 e. The Bertz CT molecular complexity index is 249. The van der Waals surface area contributed by atoms with E-state index in [4.69, 9.17) is 9.84 Å². The number of rotatable bonds is 5. The second kappa shape index (κ2) is 6.33. The molecule has 1 unspecified atom stereocenters. The van der Waals surface area contributed by atoms with E-state index in [1.807, 2.05) is 0 Å². The van der Waals surface area contributed by atoms with Crippen LogP contribution in [0.25, 0.3) is 0 Å². The van der Waals surface area contributed by atoms with Gasteiger partial charge in [0, 0.05) is 31.7 Å². The van der Waals surface area contributed by atoms with Crippen molar-refractivity contribution in [3.05, 3.63) is 0 Å². The molecule has 1 saturated heterocycles. The van der Waals surface area contributed by atoms with Gasteiger partial charge in [0.2, 0.25) is 0 Å². The maximum atomic E-state index is 9.15. The summed E-state index contributed by atoms with van der Waals surface area (Å²) >= 11 is 0. The van der Waals surface area contributed by atoms with E-state index >= 15 is 0 Å². The highest BCUT2D eigenvalue weighted by Crippen LogP contribution is 2.19. The van der Waals surface area contributed by atoms with Crippen molar-refractivity contribution in [1.82, 2.24) is 10.2 Å². The third kappa shape index (κ3) is 6.14. The minimum Gasteiger partial charge on any atom is -0.394 e. The van der Waals surface area contributed by atoms with Gasteiger partial charge in [0.15, 0.2) is 0 Å². The van der Waals surface area contributed by atoms with Crippen LogP contribution in [0.4, 0.5) is 0 Å². The number of aliphatic hydroxyl groups is 1. The summed E-state index contributed by atoms with van der Waals surface area (Å²) < 4.78 is 5.48. The highest BCUT2D eigenvalue weighted by atomic mass is 16.5. The van der Waals surface area contributed by atoms with Crippen molar-refractivity contribution in [2.24, 2.45) is 5.41 Å². The largest absolute Gasteiger partial charge is 0.394 e. The highest BCUT2D eigenvalue weighted by molar-refractivity contribution is 4.82. The Kier molecular flexibility index (Phi) is 5.59. The second-order valence-corrected chi connectivity index (χ2v) is 7.18. The molecule has 0 aliphatic carbocycles. The summed E-state index contributed by atoms with van der Waals surface area (Å²) in [5.41, 5.74) is 0.389. The highest BCUT2D eigenvalue weighted by Gasteiger charge is 2.27. The molecule has 0 amide bonds. The number of hydrogen-bond donors (Lipinski definition) is 2. The zero-order valence-electron chi connectivity index (χ0n) is 12.6. The quantitative estimate of drug-likeness (QED) is 0.775. The van der Waals surface area contributed by atoms with Gasteiger partial charge in [-0.25, -0.2) is 0 Å². The van der Waals surface area contributed by atoms with Gasteiger partial charge in [-0.05, 0) is 26.2 Å². The lowest BCUT2D eigenvalue weighted by atomic mass is 9.91. The first-order valence-corrected chi connectivity index (χ1v) is 6.92. The van der Waals surface area contributed by atoms with Crippen LogP contribution in [0, 0.1) is 5.41 Å². The van der Waals surface area contributed by atoms with E-state index in [9.17, 15) is 0 Å². The van der Waals surface area contributed by atoms with Gasteiger partial charge in [-0.3, -0.25) is 4.90 Å². The fourth-order valence-corrected chi connectivity index (χ4v) is 2.20. The van der Waals surface area contributed by atoms with E-state index < -0.39 is 0 Å². The molecule has 1 heterocycles. The summed E-state index contributed by atoms with van der Waals surface area (Å²) in [6.07, 6.45) is -0.00914. The first kappa shape index (κ1) is 15.9. The lowest BCUT2D eigenvalue weighted by Gasteiger charge is -2.38. The van der Waals surface area contributed by atoms with Crippen molar-refractivity contribution < 1.29 is 9.84 Å². The molecule has 4 nitrogen and oxygen atoms in total. The van der Waals surface area contributed by atoms with Crippen molar-refractivity contribution in [3.63, 3.8) is 0 Å². The number of nitrogens with zero attached hydrogens (tertiary/aromatic N) is 1. The molecular formula is C14H30N2O2. The van der Waals surface area contributed by atoms with Gasteiger partial charge >= 0.3 is 0 Å². The molecular weight excluding hydrogens is 228 g/mol. The first-order valence-electron chi connectivity index (χ1n) is 6.92. The molecule has 0 saturated carbocycles. The molecule has 0 aromatic rings. The fraction of sp³-hybridized carbons (Fsp3) is 1.00. The van der Waals surface area contributed by atoms with Gasteiger partial charge in [0.05, 0.1) is 19.3 Å². The zero-order valence-corrected chi connectivity index (χ0v) is 12.6. The second-order valence-electron chi connectivity index (χ2n) is 7.18. The monoisotopic (exact) mass is 258 g/mol. The Morgan fingerprint density at radius 2 is 1.94 bits per heavy atom. The van der Waals surface area contributed by atoms with Crippen LogP contribution >= 0.6 is 0 Å². The van der Waals surface area contributed by atoms with Crippen molar-refractivity contribution in [2.45, 2.75) is 46.3 Å². The minimum absolute atomic E-state index is 0.00914. The van der Waals surface area contributed by atoms with Crippen molar-refractivity contribution >= 4 is 0 Å². The number of aliphatic hydroxyl groups excluding tert-OH is 1. The number of morpholine rings is 1. The maximum absolute atomic E-state index is 9.15. The Morgan fingerprint density at radius 1 is 1.28 bits per heavy atom. The molecule has 0 bridgehead atoms. The van der Waals surface area contributed by atoms with Crippen LogP contribution < -0.4 is 5.32 Å². The molecule has 18 heavy (non-hydrogen) atoms. The normalized spacial score (nSPS) is 23.3. The predicted molar refractivity (Wildman–Crippen MR) is 74.8 cm³/mol. The average Bonchev–Trinajstić information content (AvgIpc) is 2.25. The van der Waals surface area contributed by atoms with Gasteiger partial charge in [0.1, 0.15) is 0 Å². The molecule has 1 aliphatic heterocycles. The van der Waals surface area contributed by atoms with Gasteiger partial charge in [-0.2, -0.15) is 0 Å². The first-order chi connectivity index (χ1) is 8.22. The summed E-state index contributed by atoms with van der Waals surface area (Å²) in [5.74, 6) is 0. The SMILES string of the molecule is CC(C)(CNC(C)(C)C)CN1CCOC(CO)C1. The van der Waals surface area contributed by atoms with Gasteiger partial charge in [-0.1, -0.05) is 13.8 Å². The zero-order chi connectivity index (χ0) is 13.8. The molecule has 1 aliphatic rings. The Balaban J connectivity index is 2.39. The molecule has 1 atom stereocenters. The molecule has 0 aromatic carbocycles. The minimum atomic E-state index is -0.00914. The summed E-state index contributed by atoms with van der Waals surface area (Å²) in [7, 11) is 0. The molecule has 4 heteroatoms. The van der Waals surface area contributed by atoms with Crippen LogP contribution in [0.3, 0.4) is 0 Å². The van der Waals surface area contributed by atoms with Crippen LogP contribution in [0.2, 0.25) is 0 Å². The van der Waals surface area contributed by atoms with Gasteiger partial charge in [0.25, 0.3) is 0 Å². The molecule has 0 radical (unpaired) electrons. The Hall–Kier alpha value is -0.160. The van der Waals surface area contributed by atoms with Crippen molar-refractivity contribution in [2.75, 3.05) is 39.4 Å². The molecule has 0 aromatic heterocycles. The molecule has 108 valence electrons. The van der Waals surface area contributed by atoms with Crippen molar-refractivity contribution in [3.8, 4) is 0 Å². The number of ether oxygens (including phenoxy) is 1. The van der Waals surface area contributed by atoms with Crippen LogP contribution in [-0.4, -0.2) is 61.0 Å². The molecule has 0 spiro atoms. The lowest BCUT2D eigenvalue weighted by molar-refractivity contribution is -0.0606. The number of hydrogen-bond acceptors (Lipinski definition) is 4. The topological polar surface area (TPSA) is 44.7 Å². The summed E-state index contributed by atoms with van der Waals surface area (Å²) in [4.78, 5) is 2.40. The van der Waals surface area contributed by atoms with E-state index in [2.05, 4.69) is 44.8 Å².